The number of nitrogens with zero attached hydrogens (tertiary/aromatic N) is 3. The molecule has 0 bridgehead atoms. The molecule has 4 aromatic rings. The second kappa shape index (κ2) is 8.69. The number of amides is 1. The zero-order chi connectivity index (χ0) is 22.0. The Balaban J connectivity index is 1.82. The van der Waals surface area contributed by atoms with E-state index in [2.05, 4.69) is 31.3 Å². The average molecular weight is 479 g/mol. The van der Waals surface area contributed by atoms with E-state index in [1.807, 2.05) is 43.3 Å². The van der Waals surface area contributed by atoms with Crippen LogP contribution in [0, 0.1) is 6.92 Å². The molecule has 0 aliphatic rings. The number of nitrogens with one attached hydrogen (secondary N) is 1. The van der Waals surface area contributed by atoms with Gasteiger partial charge in [-0.1, -0.05) is 40.2 Å². The van der Waals surface area contributed by atoms with Gasteiger partial charge in [-0.15, -0.1) is 0 Å². The Morgan fingerprint density at radius 2 is 1.94 bits per heavy atom. The predicted octanol–water partition coefficient (Wildman–Crippen LogP) is 4.92. The molecule has 0 unspecified atom stereocenters. The molecule has 0 atom stereocenters. The summed E-state index contributed by atoms with van der Waals surface area (Å²) in [6.07, 6.45) is 1.38. The first-order valence-corrected chi connectivity index (χ1v) is 10.5. The maximum absolute atomic E-state index is 12.9. The summed E-state index contributed by atoms with van der Waals surface area (Å²) in [5, 5.41) is 8.16. The molecule has 8 heteroatoms. The van der Waals surface area contributed by atoms with Gasteiger partial charge in [0.2, 0.25) is 0 Å². The van der Waals surface area contributed by atoms with Gasteiger partial charge in [0, 0.05) is 15.4 Å². The lowest BCUT2D eigenvalue weighted by Gasteiger charge is -2.12. The molecule has 0 aliphatic heterocycles. The fourth-order valence-corrected chi connectivity index (χ4v) is 3.65. The number of aromatic nitrogens is 3. The second-order valence-corrected chi connectivity index (χ2v) is 7.73. The molecule has 7 nitrogen and oxygen atoms in total. The summed E-state index contributed by atoms with van der Waals surface area (Å²) in [5.41, 5.74) is 2.37. The topological polar surface area (TPSA) is 86.1 Å². The molecule has 2 aromatic heterocycles. The molecule has 0 aliphatic carbocycles. The molecule has 156 valence electrons. The highest BCUT2D eigenvalue weighted by Gasteiger charge is 2.23. The highest BCUT2D eigenvalue weighted by molar-refractivity contribution is 9.10. The van der Waals surface area contributed by atoms with Crippen LogP contribution in [0.5, 0.6) is 0 Å². The van der Waals surface area contributed by atoms with Gasteiger partial charge in [-0.25, -0.2) is 9.78 Å². The van der Waals surface area contributed by atoms with Crippen molar-refractivity contribution >= 4 is 44.5 Å². The van der Waals surface area contributed by atoms with Crippen molar-refractivity contribution in [3.8, 4) is 5.82 Å². The largest absolute Gasteiger partial charge is 0.462 e. The van der Waals surface area contributed by atoms with Crippen LogP contribution in [0.4, 0.5) is 5.82 Å². The van der Waals surface area contributed by atoms with Crippen molar-refractivity contribution in [3.63, 3.8) is 0 Å². The van der Waals surface area contributed by atoms with Crippen molar-refractivity contribution in [2.24, 2.45) is 0 Å². The van der Waals surface area contributed by atoms with E-state index in [1.165, 1.54) is 10.9 Å². The Morgan fingerprint density at radius 3 is 2.71 bits per heavy atom. The van der Waals surface area contributed by atoms with Crippen molar-refractivity contribution in [1.82, 2.24) is 14.8 Å². The molecule has 1 N–H and O–H groups in total. The van der Waals surface area contributed by atoms with Crippen LogP contribution in [0.1, 0.15) is 33.2 Å². The number of para-hydroxylation sites is 1. The number of halogens is 1. The van der Waals surface area contributed by atoms with Gasteiger partial charge in [0.25, 0.3) is 5.91 Å². The number of anilines is 1. The number of aryl methyl sites for hydroxylation is 1. The van der Waals surface area contributed by atoms with E-state index in [0.717, 1.165) is 20.9 Å². The summed E-state index contributed by atoms with van der Waals surface area (Å²) in [7, 11) is 0. The number of carbonyl (C=O) groups excluding carboxylic acids is 2. The van der Waals surface area contributed by atoms with Gasteiger partial charge in [0.05, 0.1) is 18.3 Å². The minimum absolute atomic E-state index is 0.151. The van der Waals surface area contributed by atoms with Crippen molar-refractivity contribution in [2.75, 3.05) is 11.9 Å². The van der Waals surface area contributed by atoms with Crippen LogP contribution in [-0.4, -0.2) is 33.2 Å². The second-order valence-electron chi connectivity index (χ2n) is 6.82. The molecule has 0 spiro atoms. The highest BCUT2D eigenvalue weighted by Crippen LogP contribution is 2.25. The molecule has 4 rings (SSSR count). The normalized spacial score (nSPS) is 10.8. The molecule has 1 amide bonds. The Hall–Kier alpha value is -3.52. The highest BCUT2D eigenvalue weighted by atomic mass is 79.9. The number of benzene rings is 2. The number of hydrogen-bond donors (Lipinski definition) is 1. The van der Waals surface area contributed by atoms with Gasteiger partial charge >= 0.3 is 5.97 Å². The Labute approximate surface area is 187 Å². The van der Waals surface area contributed by atoms with E-state index in [0.29, 0.717) is 11.4 Å². The van der Waals surface area contributed by atoms with E-state index in [4.69, 9.17) is 4.74 Å². The van der Waals surface area contributed by atoms with Crippen molar-refractivity contribution in [3.05, 3.63) is 82.0 Å². The van der Waals surface area contributed by atoms with Crippen LogP contribution in [0.3, 0.4) is 0 Å². The van der Waals surface area contributed by atoms with E-state index in [9.17, 15) is 9.59 Å². The maximum atomic E-state index is 12.9. The lowest BCUT2D eigenvalue weighted by atomic mass is 10.1. The summed E-state index contributed by atoms with van der Waals surface area (Å²) in [6, 6.07) is 16.6. The van der Waals surface area contributed by atoms with E-state index in [-0.39, 0.29) is 23.9 Å². The lowest BCUT2D eigenvalue weighted by Crippen LogP contribution is -2.18. The first-order valence-electron chi connectivity index (χ1n) is 9.66. The van der Waals surface area contributed by atoms with Crippen LogP contribution >= 0.6 is 15.9 Å². The number of fused-ring (bicyclic) bond motifs is 1. The number of esters is 1. The third-order valence-corrected chi connectivity index (χ3v) is 5.20. The van der Waals surface area contributed by atoms with Crippen LogP contribution in [0.15, 0.2) is 65.3 Å². The maximum Gasteiger partial charge on any atom is 0.343 e. The zero-order valence-electron chi connectivity index (χ0n) is 16.9. The van der Waals surface area contributed by atoms with E-state index < -0.39 is 5.97 Å². The zero-order valence-corrected chi connectivity index (χ0v) is 18.5. The van der Waals surface area contributed by atoms with Gasteiger partial charge in [0.15, 0.2) is 11.6 Å². The van der Waals surface area contributed by atoms with Gasteiger partial charge in [-0.05, 0) is 49.7 Å². The SMILES string of the molecule is CCOC(=O)c1cnn(-c2cc(C)c3ccccc3n2)c1NC(=O)c1cccc(Br)c1. The van der Waals surface area contributed by atoms with Crippen molar-refractivity contribution < 1.29 is 14.3 Å². The molecule has 2 heterocycles. The first-order chi connectivity index (χ1) is 15.0. The van der Waals surface area contributed by atoms with Gasteiger partial charge in [-0.2, -0.15) is 9.78 Å². The Morgan fingerprint density at radius 1 is 1.13 bits per heavy atom. The molecular weight excluding hydrogens is 460 g/mol. The van der Waals surface area contributed by atoms with E-state index in [1.54, 1.807) is 25.1 Å². The van der Waals surface area contributed by atoms with Gasteiger partial charge in [-0.3, -0.25) is 4.79 Å². The summed E-state index contributed by atoms with van der Waals surface area (Å²) >= 11 is 3.37. The number of carbonyl (C=O) groups is 2. The summed E-state index contributed by atoms with van der Waals surface area (Å²) in [5.74, 6) is -0.274. The van der Waals surface area contributed by atoms with Gasteiger partial charge in [0.1, 0.15) is 5.56 Å². The minimum Gasteiger partial charge on any atom is -0.462 e. The van der Waals surface area contributed by atoms with Crippen LogP contribution in [0.25, 0.3) is 16.7 Å². The van der Waals surface area contributed by atoms with E-state index >= 15 is 0 Å². The number of pyridine rings is 1. The molecule has 0 saturated heterocycles. The number of rotatable bonds is 5. The smallest absolute Gasteiger partial charge is 0.343 e. The Kier molecular flexibility index (Phi) is 5.81. The fourth-order valence-electron chi connectivity index (χ4n) is 3.25. The summed E-state index contributed by atoms with van der Waals surface area (Å²) in [6.45, 7) is 3.90. The predicted molar refractivity (Wildman–Crippen MR) is 122 cm³/mol. The lowest BCUT2D eigenvalue weighted by molar-refractivity contribution is 0.0527. The summed E-state index contributed by atoms with van der Waals surface area (Å²) in [4.78, 5) is 30.1. The fraction of sp³-hybridized carbons (Fsp3) is 0.130. The number of ether oxygens (including phenoxy) is 1. The van der Waals surface area contributed by atoms with Crippen LogP contribution < -0.4 is 5.32 Å². The monoisotopic (exact) mass is 478 g/mol. The quantitative estimate of drug-likeness (QED) is 0.411. The molecule has 0 saturated carbocycles. The minimum atomic E-state index is -0.573. The third-order valence-electron chi connectivity index (χ3n) is 4.71. The van der Waals surface area contributed by atoms with Crippen molar-refractivity contribution in [1.29, 1.82) is 0 Å². The molecule has 2 aromatic carbocycles. The van der Waals surface area contributed by atoms with Crippen molar-refractivity contribution in [2.45, 2.75) is 13.8 Å². The standard InChI is InChI=1S/C23H19BrN4O3/c1-3-31-23(30)18-13-25-28(20-11-14(2)17-9-4-5-10-19(17)26-20)21(18)27-22(29)15-7-6-8-16(24)12-15/h4-13H,3H2,1-2H3,(H,27,29). The summed E-state index contributed by atoms with van der Waals surface area (Å²) < 4.78 is 7.36. The average Bonchev–Trinajstić information content (AvgIpc) is 3.17. The van der Waals surface area contributed by atoms with Crippen LogP contribution in [-0.2, 0) is 4.74 Å². The molecular formula is C23H19BrN4O3. The third kappa shape index (κ3) is 4.20. The first kappa shape index (κ1) is 20.7. The van der Waals surface area contributed by atoms with Crippen LogP contribution in [0.2, 0.25) is 0 Å². The molecule has 0 radical (unpaired) electrons. The Bertz CT molecular complexity index is 1300. The molecule has 0 fully saturated rings. The number of hydrogen-bond acceptors (Lipinski definition) is 5. The molecule has 31 heavy (non-hydrogen) atoms. The van der Waals surface area contributed by atoms with Gasteiger partial charge < -0.3 is 10.1 Å².